The van der Waals surface area contributed by atoms with Gasteiger partial charge in [0.25, 0.3) is 0 Å². The summed E-state index contributed by atoms with van der Waals surface area (Å²) in [6.45, 7) is 4.90. The van der Waals surface area contributed by atoms with Crippen LogP contribution in [0.4, 0.5) is 4.39 Å². The minimum absolute atomic E-state index is 0.0279. The van der Waals surface area contributed by atoms with Crippen LogP contribution in [-0.4, -0.2) is 11.0 Å². The van der Waals surface area contributed by atoms with E-state index in [1.807, 2.05) is 12.1 Å². The minimum Gasteiger partial charge on any atom is -0.439 e. The highest BCUT2D eigenvalue weighted by Crippen LogP contribution is 2.25. The smallest absolute Gasteiger partial charge is 0.219 e. The first-order valence-corrected chi connectivity index (χ1v) is 6.73. The molecule has 20 heavy (non-hydrogen) atoms. The second-order valence-electron chi connectivity index (χ2n) is 4.72. The second-order valence-corrected chi connectivity index (χ2v) is 5.12. The zero-order chi connectivity index (χ0) is 14.5. The predicted octanol–water partition coefficient (Wildman–Crippen LogP) is 4.16. The number of nitrogens with zero attached hydrogens (tertiary/aromatic N) is 1. The van der Waals surface area contributed by atoms with Crippen LogP contribution in [0.2, 0.25) is 5.02 Å². The summed E-state index contributed by atoms with van der Waals surface area (Å²) in [6, 6.07) is 8.37. The minimum atomic E-state index is -0.471. The van der Waals surface area contributed by atoms with Crippen molar-refractivity contribution >= 4 is 11.6 Å². The first-order valence-electron chi connectivity index (χ1n) is 6.36. The van der Waals surface area contributed by atoms with Gasteiger partial charge in [0.15, 0.2) is 0 Å². The van der Waals surface area contributed by atoms with Crippen LogP contribution in [0.25, 0.3) is 0 Å². The molecule has 0 fully saturated rings. The molecule has 0 spiro atoms. The quantitative estimate of drug-likeness (QED) is 0.899. The van der Waals surface area contributed by atoms with Gasteiger partial charge < -0.3 is 10.1 Å². The highest BCUT2D eigenvalue weighted by atomic mass is 35.5. The van der Waals surface area contributed by atoms with Gasteiger partial charge in [0.05, 0.1) is 5.02 Å². The van der Waals surface area contributed by atoms with Gasteiger partial charge in [-0.25, -0.2) is 9.37 Å². The van der Waals surface area contributed by atoms with Crippen LogP contribution in [0.5, 0.6) is 11.6 Å². The number of hydrogen-bond donors (Lipinski definition) is 1. The molecule has 1 aromatic carbocycles. The van der Waals surface area contributed by atoms with Crippen molar-refractivity contribution in [2.75, 3.05) is 0 Å². The molecule has 0 bridgehead atoms. The van der Waals surface area contributed by atoms with Crippen molar-refractivity contribution in [3.8, 4) is 11.6 Å². The summed E-state index contributed by atoms with van der Waals surface area (Å²) in [4.78, 5) is 4.13. The molecule has 0 aliphatic rings. The first-order chi connectivity index (χ1) is 9.54. The van der Waals surface area contributed by atoms with Gasteiger partial charge in [-0.3, -0.25) is 0 Å². The fourth-order valence-electron chi connectivity index (χ4n) is 1.60. The van der Waals surface area contributed by atoms with Crippen LogP contribution in [0.1, 0.15) is 19.4 Å². The van der Waals surface area contributed by atoms with E-state index in [9.17, 15) is 4.39 Å². The number of aromatic nitrogens is 1. The molecule has 2 rings (SSSR count). The molecule has 0 saturated heterocycles. The van der Waals surface area contributed by atoms with Crippen molar-refractivity contribution in [2.45, 2.75) is 26.4 Å². The second kappa shape index (κ2) is 6.68. The van der Waals surface area contributed by atoms with Crippen LogP contribution in [0, 0.1) is 5.82 Å². The largest absolute Gasteiger partial charge is 0.439 e. The number of hydrogen-bond acceptors (Lipinski definition) is 3. The van der Waals surface area contributed by atoms with E-state index in [0.717, 1.165) is 12.1 Å². The lowest BCUT2D eigenvalue weighted by Gasteiger charge is -2.10. The zero-order valence-electron chi connectivity index (χ0n) is 11.4. The third-order valence-corrected chi connectivity index (χ3v) is 2.92. The maximum atomic E-state index is 13.1. The highest BCUT2D eigenvalue weighted by Gasteiger charge is 2.05. The van der Waals surface area contributed by atoms with Gasteiger partial charge in [-0.15, -0.1) is 0 Å². The Hall–Kier alpha value is -1.65. The van der Waals surface area contributed by atoms with Crippen molar-refractivity contribution in [3.05, 3.63) is 52.9 Å². The van der Waals surface area contributed by atoms with Crippen molar-refractivity contribution < 1.29 is 9.13 Å². The average Bonchev–Trinajstić information content (AvgIpc) is 2.41. The van der Waals surface area contributed by atoms with E-state index in [1.165, 1.54) is 18.2 Å². The van der Waals surface area contributed by atoms with Crippen LogP contribution in [-0.2, 0) is 6.54 Å². The Kier molecular flexibility index (Phi) is 4.93. The van der Waals surface area contributed by atoms with Crippen LogP contribution in [0.15, 0.2) is 36.5 Å². The number of benzene rings is 1. The van der Waals surface area contributed by atoms with Crippen molar-refractivity contribution in [1.29, 1.82) is 0 Å². The molecule has 5 heteroatoms. The third kappa shape index (κ3) is 4.18. The molecule has 0 radical (unpaired) electrons. The Morgan fingerprint density at radius 3 is 2.80 bits per heavy atom. The molecular weight excluding hydrogens is 279 g/mol. The van der Waals surface area contributed by atoms with E-state index in [4.69, 9.17) is 16.3 Å². The summed E-state index contributed by atoms with van der Waals surface area (Å²) < 4.78 is 18.6. The van der Waals surface area contributed by atoms with Crippen molar-refractivity contribution in [2.24, 2.45) is 0 Å². The van der Waals surface area contributed by atoms with E-state index in [-0.39, 0.29) is 5.02 Å². The van der Waals surface area contributed by atoms with Crippen LogP contribution >= 0.6 is 11.6 Å². The molecule has 1 heterocycles. The summed E-state index contributed by atoms with van der Waals surface area (Å²) in [7, 11) is 0. The topological polar surface area (TPSA) is 34.2 Å². The molecule has 1 N–H and O–H groups in total. The van der Waals surface area contributed by atoms with E-state index < -0.39 is 5.82 Å². The van der Waals surface area contributed by atoms with E-state index >= 15 is 0 Å². The zero-order valence-corrected chi connectivity index (χ0v) is 12.1. The molecule has 0 amide bonds. The fourth-order valence-corrected chi connectivity index (χ4v) is 1.77. The molecular formula is C15H16ClFN2O. The molecule has 2 aromatic rings. The molecule has 0 aliphatic carbocycles. The van der Waals surface area contributed by atoms with Gasteiger partial charge in [0.2, 0.25) is 5.88 Å². The Morgan fingerprint density at radius 1 is 1.30 bits per heavy atom. The SMILES string of the molecule is CC(C)NCc1ccnc(Oc2ccc(F)c(Cl)c2)c1. The van der Waals surface area contributed by atoms with Gasteiger partial charge in [-0.2, -0.15) is 0 Å². The molecule has 0 aliphatic heterocycles. The Bertz CT molecular complexity index is 590. The Labute approximate surface area is 122 Å². The standard InChI is InChI=1S/C15H16ClFN2O/c1-10(2)19-9-11-5-6-18-15(7-11)20-12-3-4-14(17)13(16)8-12/h3-8,10,19H,9H2,1-2H3. The monoisotopic (exact) mass is 294 g/mol. The van der Waals surface area contributed by atoms with Gasteiger partial charge in [0, 0.05) is 30.9 Å². The molecule has 0 unspecified atom stereocenters. The highest BCUT2D eigenvalue weighted by molar-refractivity contribution is 6.30. The van der Waals surface area contributed by atoms with Gasteiger partial charge >= 0.3 is 0 Å². The normalized spacial score (nSPS) is 10.8. The molecule has 0 atom stereocenters. The van der Waals surface area contributed by atoms with E-state index in [2.05, 4.69) is 24.1 Å². The van der Waals surface area contributed by atoms with Crippen LogP contribution < -0.4 is 10.1 Å². The number of halogens is 2. The lowest BCUT2D eigenvalue weighted by molar-refractivity contribution is 0.459. The van der Waals surface area contributed by atoms with Crippen molar-refractivity contribution in [1.82, 2.24) is 10.3 Å². The summed E-state index contributed by atoms with van der Waals surface area (Å²) in [5.74, 6) is 0.440. The van der Waals surface area contributed by atoms with Gasteiger partial charge in [-0.05, 0) is 23.8 Å². The molecule has 0 saturated carbocycles. The van der Waals surface area contributed by atoms with Crippen molar-refractivity contribution in [3.63, 3.8) is 0 Å². The lowest BCUT2D eigenvalue weighted by atomic mass is 10.2. The lowest BCUT2D eigenvalue weighted by Crippen LogP contribution is -2.21. The Morgan fingerprint density at radius 2 is 2.10 bits per heavy atom. The summed E-state index contributed by atoms with van der Waals surface area (Å²) >= 11 is 5.71. The molecule has 1 aromatic heterocycles. The summed E-state index contributed by atoms with van der Waals surface area (Å²) in [5.41, 5.74) is 1.07. The van der Waals surface area contributed by atoms with Gasteiger partial charge in [-0.1, -0.05) is 25.4 Å². The third-order valence-electron chi connectivity index (χ3n) is 2.63. The van der Waals surface area contributed by atoms with Gasteiger partial charge in [0.1, 0.15) is 11.6 Å². The number of rotatable bonds is 5. The molecule has 3 nitrogen and oxygen atoms in total. The summed E-state index contributed by atoms with van der Waals surface area (Å²) in [5, 5.41) is 3.34. The number of nitrogens with one attached hydrogen (secondary N) is 1. The Balaban J connectivity index is 2.08. The number of ether oxygens (including phenoxy) is 1. The van der Waals surface area contributed by atoms with E-state index in [0.29, 0.717) is 17.7 Å². The number of pyridine rings is 1. The first kappa shape index (κ1) is 14.8. The predicted molar refractivity (Wildman–Crippen MR) is 77.7 cm³/mol. The van der Waals surface area contributed by atoms with Crippen LogP contribution in [0.3, 0.4) is 0 Å². The maximum Gasteiger partial charge on any atom is 0.219 e. The molecule has 106 valence electrons. The average molecular weight is 295 g/mol. The maximum absolute atomic E-state index is 13.1. The van der Waals surface area contributed by atoms with E-state index in [1.54, 1.807) is 6.20 Å². The fraction of sp³-hybridized carbons (Fsp3) is 0.267. The summed E-state index contributed by atoms with van der Waals surface area (Å²) in [6.07, 6.45) is 1.68.